The van der Waals surface area contributed by atoms with E-state index in [1.54, 1.807) is 0 Å². The third-order valence-electron chi connectivity index (χ3n) is 3.95. The summed E-state index contributed by atoms with van der Waals surface area (Å²) in [7, 11) is 0. The lowest BCUT2D eigenvalue weighted by Crippen LogP contribution is -2.33. The minimum absolute atomic E-state index is 0.388. The average molecular weight is 263 g/mol. The van der Waals surface area contributed by atoms with E-state index < -0.39 is 0 Å². The van der Waals surface area contributed by atoms with Crippen molar-refractivity contribution in [2.45, 2.75) is 26.6 Å². The first-order valence-electron chi connectivity index (χ1n) is 7.17. The molecule has 1 heterocycles. The molecule has 3 heteroatoms. The Morgan fingerprint density at radius 1 is 1.21 bits per heavy atom. The van der Waals surface area contributed by atoms with Gasteiger partial charge in [-0.05, 0) is 17.4 Å². The second-order valence-corrected chi connectivity index (χ2v) is 5.83. The van der Waals surface area contributed by atoms with Gasteiger partial charge >= 0.3 is 0 Å². The fourth-order valence-electron chi connectivity index (χ4n) is 2.64. The molecule has 2 rings (SSSR count). The summed E-state index contributed by atoms with van der Waals surface area (Å²) in [4.78, 5) is 2.34. The number of rotatable bonds is 6. The molecule has 0 spiro atoms. The van der Waals surface area contributed by atoms with E-state index in [0.29, 0.717) is 13.2 Å². The molecule has 3 atom stereocenters. The maximum absolute atomic E-state index is 9.99. The molecule has 3 nitrogen and oxygen atoms in total. The van der Waals surface area contributed by atoms with E-state index in [9.17, 15) is 5.11 Å². The summed E-state index contributed by atoms with van der Waals surface area (Å²) in [6.07, 6.45) is -0.388. The Balaban J connectivity index is 1.64. The van der Waals surface area contributed by atoms with Crippen LogP contribution in [0.5, 0.6) is 0 Å². The van der Waals surface area contributed by atoms with E-state index in [4.69, 9.17) is 4.74 Å². The maximum atomic E-state index is 9.99. The van der Waals surface area contributed by atoms with Crippen molar-refractivity contribution in [3.8, 4) is 0 Å². The summed E-state index contributed by atoms with van der Waals surface area (Å²) < 4.78 is 5.57. The fraction of sp³-hybridized carbons (Fsp3) is 0.625. The van der Waals surface area contributed by atoms with Gasteiger partial charge in [-0.1, -0.05) is 44.2 Å². The highest BCUT2D eigenvalue weighted by molar-refractivity contribution is 5.13. The van der Waals surface area contributed by atoms with Gasteiger partial charge in [0.15, 0.2) is 0 Å². The van der Waals surface area contributed by atoms with Crippen LogP contribution in [0.2, 0.25) is 0 Å². The van der Waals surface area contributed by atoms with Gasteiger partial charge in [0.25, 0.3) is 0 Å². The van der Waals surface area contributed by atoms with Gasteiger partial charge in [0.05, 0.1) is 19.3 Å². The Kier molecular flexibility index (Phi) is 5.37. The number of aliphatic hydroxyl groups is 1. The fourth-order valence-corrected chi connectivity index (χ4v) is 2.64. The summed E-state index contributed by atoms with van der Waals surface area (Å²) in [5.74, 6) is 1.47. The Bertz CT molecular complexity index is 358. The lowest BCUT2D eigenvalue weighted by atomic mass is 10.0. The van der Waals surface area contributed by atoms with Crippen LogP contribution in [0, 0.1) is 11.8 Å². The zero-order valence-corrected chi connectivity index (χ0v) is 12.0. The molecule has 1 aliphatic rings. The van der Waals surface area contributed by atoms with Gasteiger partial charge in [-0.3, -0.25) is 0 Å². The Hall–Kier alpha value is -0.900. The lowest BCUT2D eigenvalue weighted by molar-refractivity contribution is 0.0127. The number of nitrogens with zero attached hydrogens (tertiary/aromatic N) is 1. The van der Waals surface area contributed by atoms with Gasteiger partial charge in [-0.2, -0.15) is 0 Å². The third kappa shape index (κ3) is 4.60. The summed E-state index contributed by atoms with van der Waals surface area (Å²) in [6, 6.07) is 10.1. The molecule has 3 unspecified atom stereocenters. The predicted molar refractivity (Wildman–Crippen MR) is 76.9 cm³/mol. The zero-order chi connectivity index (χ0) is 13.7. The topological polar surface area (TPSA) is 32.7 Å². The first kappa shape index (κ1) is 14.5. The predicted octanol–water partition coefficient (Wildman–Crippen LogP) is 2.15. The van der Waals surface area contributed by atoms with E-state index in [1.165, 1.54) is 0 Å². The largest absolute Gasteiger partial charge is 0.389 e. The van der Waals surface area contributed by atoms with E-state index in [1.807, 2.05) is 30.3 Å². The van der Waals surface area contributed by atoms with Crippen molar-refractivity contribution in [3.05, 3.63) is 35.9 Å². The maximum Gasteiger partial charge on any atom is 0.0900 e. The van der Waals surface area contributed by atoms with Crippen molar-refractivity contribution in [1.82, 2.24) is 4.90 Å². The summed E-state index contributed by atoms with van der Waals surface area (Å²) in [5.41, 5.74) is 1.15. The average Bonchev–Trinajstić information content (AvgIpc) is 2.69. The van der Waals surface area contributed by atoms with Gasteiger partial charge in [-0.25, -0.2) is 0 Å². The normalized spacial score (nSPS) is 25.6. The van der Waals surface area contributed by atoms with Crippen LogP contribution in [0.3, 0.4) is 0 Å². The highest BCUT2D eigenvalue weighted by Gasteiger charge is 2.27. The minimum Gasteiger partial charge on any atom is -0.389 e. The van der Waals surface area contributed by atoms with Gasteiger partial charge < -0.3 is 14.7 Å². The standard InChI is InChI=1S/C16H25NO2/c1-13-8-17(9-14(13)2)10-16(18)12-19-11-15-6-4-3-5-7-15/h3-7,13-14,16,18H,8-12H2,1-2H3. The van der Waals surface area contributed by atoms with Crippen LogP contribution in [-0.4, -0.2) is 42.4 Å². The van der Waals surface area contributed by atoms with Crippen molar-refractivity contribution in [2.24, 2.45) is 11.8 Å². The molecule has 0 amide bonds. The molecule has 0 aromatic heterocycles. The van der Waals surface area contributed by atoms with E-state index in [-0.39, 0.29) is 6.10 Å². The Morgan fingerprint density at radius 3 is 2.47 bits per heavy atom. The summed E-state index contributed by atoms with van der Waals surface area (Å²) in [5, 5.41) is 9.99. The van der Waals surface area contributed by atoms with Crippen molar-refractivity contribution in [2.75, 3.05) is 26.2 Å². The van der Waals surface area contributed by atoms with E-state index >= 15 is 0 Å². The quantitative estimate of drug-likeness (QED) is 0.853. The molecule has 0 saturated carbocycles. The van der Waals surface area contributed by atoms with Crippen molar-refractivity contribution in [3.63, 3.8) is 0 Å². The molecular weight excluding hydrogens is 238 g/mol. The molecule has 1 N–H and O–H groups in total. The van der Waals surface area contributed by atoms with E-state index in [0.717, 1.165) is 37.0 Å². The molecule has 0 bridgehead atoms. The smallest absolute Gasteiger partial charge is 0.0900 e. The number of benzene rings is 1. The van der Waals surface area contributed by atoms with Crippen molar-refractivity contribution in [1.29, 1.82) is 0 Å². The second-order valence-electron chi connectivity index (χ2n) is 5.83. The van der Waals surface area contributed by atoms with Crippen LogP contribution in [0.15, 0.2) is 30.3 Å². The molecule has 0 radical (unpaired) electrons. The van der Waals surface area contributed by atoms with Crippen LogP contribution < -0.4 is 0 Å². The van der Waals surface area contributed by atoms with Crippen LogP contribution in [-0.2, 0) is 11.3 Å². The van der Waals surface area contributed by atoms with Crippen LogP contribution in [0.4, 0.5) is 0 Å². The number of ether oxygens (including phenoxy) is 1. The molecule has 1 saturated heterocycles. The van der Waals surface area contributed by atoms with Gasteiger partial charge in [0.2, 0.25) is 0 Å². The molecule has 1 fully saturated rings. The Morgan fingerprint density at radius 2 is 1.84 bits per heavy atom. The highest BCUT2D eigenvalue weighted by Crippen LogP contribution is 2.21. The zero-order valence-electron chi connectivity index (χ0n) is 12.0. The van der Waals surface area contributed by atoms with Gasteiger partial charge in [0.1, 0.15) is 0 Å². The minimum atomic E-state index is -0.388. The first-order chi connectivity index (χ1) is 9.15. The number of β-amino-alcohol motifs (C(OH)–C–C–N with tert-alkyl or cyclic N) is 1. The van der Waals surface area contributed by atoms with Crippen molar-refractivity contribution >= 4 is 0 Å². The van der Waals surface area contributed by atoms with Crippen LogP contribution in [0.1, 0.15) is 19.4 Å². The summed E-state index contributed by atoms with van der Waals surface area (Å²) in [6.45, 7) is 8.46. The van der Waals surface area contributed by atoms with Gasteiger partial charge in [0, 0.05) is 19.6 Å². The first-order valence-corrected chi connectivity index (χ1v) is 7.17. The van der Waals surface area contributed by atoms with Crippen molar-refractivity contribution < 1.29 is 9.84 Å². The monoisotopic (exact) mass is 263 g/mol. The molecule has 19 heavy (non-hydrogen) atoms. The number of aliphatic hydroxyl groups excluding tert-OH is 1. The molecule has 1 aromatic carbocycles. The SMILES string of the molecule is CC1CN(CC(O)COCc2ccccc2)CC1C. The molecule has 0 aliphatic carbocycles. The second kappa shape index (κ2) is 7.04. The highest BCUT2D eigenvalue weighted by atomic mass is 16.5. The molecule has 106 valence electrons. The van der Waals surface area contributed by atoms with E-state index in [2.05, 4.69) is 18.7 Å². The molecular formula is C16H25NO2. The molecule has 1 aromatic rings. The van der Waals surface area contributed by atoms with Crippen LogP contribution in [0.25, 0.3) is 0 Å². The summed E-state index contributed by atoms with van der Waals surface area (Å²) >= 11 is 0. The van der Waals surface area contributed by atoms with Crippen LogP contribution >= 0.6 is 0 Å². The Labute approximate surface area is 116 Å². The number of likely N-dealkylation sites (tertiary alicyclic amines) is 1. The lowest BCUT2D eigenvalue weighted by Gasteiger charge is -2.19. The number of hydrogen-bond donors (Lipinski definition) is 1. The number of hydrogen-bond acceptors (Lipinski definition) is 3. The van der Waals surface area contributed by atoms with Gasteiger partial charge in [-0.15, -0.1) is 0 Å². The molecule has 1 aliphatic heterocycles. The third-order valence-corrected chi connectivity index (χ3v) is 3.95.